The molecule has 0 saturated carbocycles. The molecule has 20 nitrogen and oxygen atoms in total. The van der Waals surface area contributed by atoms with Gasteiger partial charge in [0.15, 0.2) is 48.0 Å². The molecule has 90 heavy (non-hydrogen) atoms. The number of hydrogen-bond donors (Lipinski definition) is 0. The zero-order valence-electron chi connectivity index (χ0n) is 47.4. The van der Waals surface area contributed by atoms with Gasteiger partial charge in [0.2, 0.25) is 0 Å². The van der Waals surface area contributed by atoms with Gasteiger partial charge in [0.25, 0.3) is 5.56 Å². The zero-order valence-corrected chi connectivity index (χ0v) is 47.4. The highest BCUT2D eigenvalue weighted by atomic mass is 16.7. The molecule has 8 aromatic carbocycles. The fourth-order valence-electron chi connectivity index (χ4n) is 10.5. The third-order valence-corrected chi connectivity index (χ3v) is 14.9. The van der Waals surface area contributed by atoms with Crippen molar-refractivity contribution in [1.29, 1.82) is 0 Å². The summed E-state index contributed by atoms with van der Waals surface area (Å²) in [5.41, 5.74) is -1.97. The fourth-order valence-corrected chi connectivity index (χ4v) is 10.5. The number of esters is 6. The molecule has 0 spiro atoms. The van der Waals surface area contributed by atoms with Gasteiger partial charge < -0.3 is 37.9 Å². The van der Waals surface area contributed by atoms with Gasteiger partial charge in [0, 0.05) is 11.1 Å². The van der Waals surface area contributed by atoms with Crippen LogP contribution in [-0.4, -0.2) is 105 Å². The molecule has 0 unspecified atom stereocenters. The monoisotopic (exact) mass is 1200 g/mol. The van der Waals surface area contributed by atoms with Crippen LogP contribution in [0.4, 0.5) is 0 Å². The van der Waals surface area contributed by atoms with Crippen LogP contribution >= 0.6 is 0 Å². The maximum atomic E-state index is 16.6. The molecule has 2 aromatic heterocycles. The molecule has 8 atom stereocenters. The number of hydrogen-bond acceptors (Lipinski definition) is 18. The Morgan fingerprint density at radius 1 is 0.344 bits per heavy atom. The Hall–Kier alpha value is -11.5. The van der Waals surface area contributed by atoms with E-state index >= 15 is 9.59 Å². The first-order chi connectivity index (χ1) is 44.0. The molecule has 448 valence electrons. The van der Waals surface area contributed by atoms with Crippen LogP contribution in [0.1, 0.15) is 74.6 Å². The summed E-state index contributed by atoms with van der Waals surface area (Å²) in [5.74, 6) is -5.57. The van der Waals surface area contributed by atoms with Gasteiger partial charge in [-0.3, -0.25) is 4.79 Å². The molecule has 2 saturated heterocycles. The van der Waals surface area contributed by atoms with Crippen molar-refractivity contribution in [2.45, 2.75) is 49.1 Å². The first-order valence-electron chi connectivity index (χ1n) is 28.5. The maximum Gasteiger partial charge on any atom is 0.338 e. The van der Waals surface area contributed by atoms with Gasteiger partial charge in [-0.25, -0.2) is 52.7 Å². The van der Waals surface area contributed by atoms with E-state index in [1.54, 1.807) is 170 Å². The van der Waals surface area contributed by atoms with Crippen molar-refractivity contribution in [3.8, 4) is 22.5 Å². The summed E-state index contributed by atoms with van der Waals surface area (Å²) in [6.45, 7) is -1.41. The minimum Gasteiger partial charge on any atom is -0.459 e. The second-order valence-electron chi connectivity index (χ2n) is 20.7. The Bertz CT molecular complexity index is 4360. The van der Waals surface area contributed by atoms with E-state index in [4.69, 9.17) is 47.9 Å². The molecule has 0 aliphatic carbocycles. The summed E-state index contributed by atoms with van der Waals surface area (Å²) in [6.07, 6.45) is -14.7. The number of aromatic nitrogens is 4. The number of rotatable bonds is 18. The molecule has 0 N–H and O–H groups in total. The van der Waals surface area contributed by atoms with Crippen LogP contribution in [0.5, 0.6) is 0 Å². The lowest BCUT2D eigenvalue weighted by Crippen LogP contribution is -2.50. The quantitative estimate of drug-likeness (QED) is 0.0573. The van der Waals surface area contributed by atoms with Crippen LogP contribution < -0.4 is 11.2 Å². The van der Waals surface area contributed by atoms with Crippen LogP contribution in [0.2, 0.25) is 0 Å². The van der Waals surface area contributed by atoms with Gasteiger partial charge in [-0.1, -0.05) is 170 Å². The largest absolute Gasteiger partial charge is 0.459 e. The molecule has 10 aromatic rings. The van der Waals surface area contributed by atoms with E-state index in [0.717, 1.165) is 4.57 Å². The molecule has 2 aliphatic rings. The van der Waals surface area contributed by atoms with Crippen molar-refractivity contribution >= 4 is 47.0 Å². The predicted octanol–water partition coefficient (Wildman–Crippen LogP) is 9.70. The molecule has 0 radical (unpaired) electrons. The zero-order chi connectivity index (χ0) is 62.1. The molecule has 4 heterocycles. The highest BCUT2D eigenvalue weighted by Crippen LogP contribution is 2.40. The van der Waals surface area contributed by atoms with Crippen molar-refractivity contribution < 1.29 is 66.7 Å². The molecule has 12 rings (SSSR count). The number of benzene rings is 8. The third kappa shape index (κ3) is 12.5. The van der Waals surface area contributed by atoms with Crippen molar-refractivity contribution in [3.05, 3.63) is 297 Å². The van der Waals surface area contributed by atoms with Crippen LogP contribution in [0.3, 0.4) is 0 Å². The number of nitrogens with zero attached hydrogens (tertiary/aromatic N) is 4. The number of fused-ring (bicyclic) bond motifs is 1. The predicted molar refractivity (Wildman–Crippen MR) is 323 cm³/mol. The molecular formula is C70H52N4O16. The minimum absolute atomic E-state index is 0.00375. The molecule has 2 fully saturated rings. The van der Waals surface area contributed by atoms with Gasteiger partial charge in [0.05, 0.1) is 44.8 Å². The van der Waals surface area contributed by atoms with Crippen LogP contribution in [0.15, 0.2) is 252 Å². The van der Waals surface area contributed by atoms with E-state index in [0.29, 0.717) is 15.7 Å². The standard InChI is InChI=1S/C70H52N4O16/c75-61-55-60(72-54(44-27-11-2-12-28-44)53(71-55)43-25-9-1-10-26-43)73(62-58(89-68(80)49-37-21-7-22-38-49)56(87-66(78)47-33-17-5-18-34-47)51(85-62)41-83-64(76)45-29-13-3-14-30-45)70(82)74(61)63-59(90-69(81)50-39-23-8-24-40-50)57(88-67(79)48-35-19-6-20-36-48)52(86-63)42-84-65(77)46-31-15-4-16-32-46/h1-40,51-52,56-59,62-63H,41-42H2/t51-,52-,56-,57-,58-,59-,62-,63-/m1/s1. The van der Waals surface area contributed by atoms with Gasteiger partial charge in [-0.05, 0) is 72.8 Å². The highest BCUT2D eigenvalue weighted by molar-refractivity contribution is 5.93. The summed E-state index contributed by atoms with van der Waals surface area (Å²) in [4.78, 5) is 128. The van der Waals surface area contributed by atoms with E-state index in [-0.39, 0.29) is 44.8 Å². The van der Waals surface area contributed by atoms with E-state index in [9.17, 15) is 28.8 Å². The van der Waals surface area contributed by atoms with Crippen molar-refractivity contribution in [2.75, 3.05) is 13.2 Å². The Labute approximate surface area is 512 Å². The molecular weight excluding hydrogens is 1150 g/mol. The summed E-state index contributed by atoms with van der Waals surface area (Å²) in [7, 11) is 0. The van der Waals surface area contributed by atoms with Crippen molar-refractivity contribution in [3.63, 3.8) is 0 Å². The topological polar surface area (TPSA) is 246 Å². The highest BCUT2D eigenvalue weighted by Gasteiger charge is 2.55. The number of ether oxygens (including phenoxy) is 8. The summed E-state index contributed by atoms with van der Waals surface area (Å²) in [5, 5.41) is 0. The summed E-state index contributed by atoms with van der Waals surface area (Å²) >= 11 is 0. The maximum absolute atomic E-state index is 16.6. The van der Waals surface area contributed by atoms with Gasteiger partial charge in [-0.2, -0.15) is 0 Å². The van der Waals surface area contributed by atoms with Crippen LogP contribution in [0, 0.1) is 0 Å². The second kappa shape index (κ2) is 26.6. The van der Waals surface area contributed by atoms with E-state index < -0.39 is 121 Å². The Morgan fingerprint density at radius 3 is 0.956 bits per heavy atom. The first kappa shape index (κ1) is 58.9. The summed E-state index contributed by atoms with van der Waals surface area (Å²) in [6, 6.07) is 64.4. The average Bonchev–Trinajstić information content (AvgIpc) is 1.33. The SMILES string of the molecule is O=C(OC[C@H]1O[C@@H](n2c(=O)c3nc(-c4ccccc4)c(-c4ccccc4)nc3n([C@@H]3O[C@H](COC(=O)c4ccccc4)[C@@H](OC(=O)c4ccccc4)[C@H]3OC(=O)c3ccccc3)c2=O)[C@H](OC(=O)c2ccccc2)[C@@H]1OC(=O)c1ccccc1)c1ccccc1. The molecule has 0 amide bonds. The van der Waals surface area contributed by atoms with E-state index in [2.05, 4.69) is 0 Å². The lowest BCUT2D eigenvalue weighted by molar-refractivity contribution is -0.0743. The Balaban J connectivity index is 1.10. The van der Waals surface area contributed by atoms with Crippen molar-refractivity contribution in [1.82, 2.24) is 19.1 Å². The minimum atomic E-state index is -2.11. The fraction of sp³-hybridized carbons (Fsp3) is 0.143. The molecule has 2 aliphatic heterocycles. The number of carbonyl (C=O) groups excluding carboxylic acids is 6. The van der Waals surface area contributed by atoms with E-state index in [1.165, 1.54) is 72.8 Å². The lowest BCUT2D eigenvalue weighted by Gasteiger charge is -2.28. The van der Waals surface area contributed by atoms with Gasteiger partial charge in [0.1, 0.15) is 25.4 Å². The molecule has 20 heteroatoms. The second-order valence-corrected chi connectivity index (χ2v) is 20.7. The smallest absolute Gasteiger partial charge is 0.338 e. The summed E-state index contributed by atoms with van der Waals surface area (Å²) < 4.78 is 51.8. The van der Waals surface area contributed by atoms with E-state index in [1.807, 2.05) is 0 Å². The van der Waals surface area contributed by atoms with Gasteiger partial charge >= 0.3 is 41.5 Å². The van der Waals surface area contributed by atoms with Crippen LogP contribution in [0.25, 0.3) is 33.7 Å². The molecule has 0 bridgehead atoms. The number of carbonyl (C=O) groups is 6. The van der Waals surface area contributed by atoms with Crippen LogP contribution in [-0.2, 0) is 37.9 Å². The average molecular weight is 1210 g/mol. The van der Waals surface area contributed by atoms with Crippen molar-refractivity contribution in [2.24, 2.45) is 0 Å². The first-order valence-corrected chi connectivity index (χ1v) is 28.5. The van der Waals surface area contributed by atoms with Gasteiger partial charge in [-0.15, -0.1) is 0 Å². The third-order valence-electron chi connectivity index (χ3n) is 14.9. The Morgan fingerprint density at radius 2 is 0.622 bits per heavy atom. The lowest BCUT2D eigenvalue weighted by atomic mass is 10.0. The Kier molecular flexibility index (Phi) is 17.4. The normalized spacial score (nSPS) is 19.2.